The summed E-state index contributed by atoms with van der Waals surface area (Å²) in [4.78, 5) is 2.21. The Morgan fingerprint density at radius 1 is 0.850 bits per heavy atom. The molecule has 4 unspecified atom stereocenters. The lowest BCUT2D eigenvalue weighted by molar-refractivity contribution is -0.216. The van der Waals surface area contributed by atoms with Gasteiger partial charge in [0.25, 0.3) is 0 Å². The minimum atomic E-state index is -0.155. The number of benzene rings is 2. The Morgan fingerprint density at radius 2 is 1.38 bits per heavy atom. The largest absolute Gasteiger partial charge is 0.353 e. The van der Waals surface area contributed by atoms with Gasteiger partial charge in [-0.1, -0.05) is 54.1 Å². The highest BCUT2D eigenvalue weighted by Gasteiger charge is 2.32. The zero-order valence-corrected chi connectivity index (χ0v) is 24.8. The molecule has 2 aliphatic heterocycles. The zero-order valence-electron chi connectivity index (χ0n) is 24.8. The van der Waals surface area contributed by atoms with Crippen LogP contribution in [-0.4, -0.2) is 38.0 Å². The molecule has 0 saturated carbocycles. The van der Waals surface area contributed by atoms with Gasteiger partial charge in [-0.25, -0.2) is 0 Å². The van der Waals surface area contributed by atoms with Crippen molar-refractivity contribution in [1.29, 1.82) is 0 Å². The van der Waals surface area contributed by atoms with E-state index in [1.807, 2.05) is 13.0 Å². The number of hydrogen-bond donors (Lipinski definition) is 0. The molecular formula is C35H47NO4. The molecule has 5 nitrogen and oxygen atoms in total. The molecule has 2 heterocycles. The minimum Gasteiger partial charge on any atom is -0.353 e. The summed E-state index contributed by atoms with van der Waals surface area (Å²) < 4.78 is 24.8. The van der Waals surface area contributed by atoms with E-state index in [0.29, 0.717) is 0 Å². The highest BCUT2D eigenvalue weighted by atomic mass is 16.7. The summed E-state index contributed by atoms with van der Waals surface area (Å²) in [5.74, 6) is 0.0339. The van der Waals surface area contributed by atoms with Gasteiger partial charge in [-0.3, -0.25) is 0 Å². The third kappa shape index (κ3) is 8.65. The molecular weight excluding hydrogens is 498 g/mol. The summed E-state index contributed by atoms with van der Waals surface area (Å²) in [6, 6.07) is 17.4. The van der Waals surface area contributed by atoms with Gasteiger partial charge < -0.3 is 23.8 Å². The molecule has 0 spiro atoms. The summed E-state index contributed by atoms with van der Waals surface area (Å²) in [7, 11) is 0. The molecule has 4 rings (SSSR count). The number of nitrogens with zero attached hydrogens (tertiary/aromatic N) is 1. The molecule has 0 bridgehead atoms. The van der Waals surface area contributed by atoms with E-state index in [0.717, 1.165) is 68.7 Å². The van der Waals surface area contributed by atoms with Crippen molar-refractivity contribution in [2.45, 2.75) is 96.9 Å². The maximum absolute atomic E-state index is 6.48. The van der Waals surface area contributed by atoms with Crippen molar-refractivity contribution in [3.63, 3.8) is 0 Å². The van der Waals surface area contributed by atoms with Crippen LogP contribution in [0.3, 0.4) is 0 Å². The average Bonchev–Trinajstić information content (AvgIpc) is 2.97. The predicted octanol–water partition coefficient (Wildman–Crippen LogP) is 8.73. The predicted molar refractivity (Wildman–Crippen MR) is 164 cm³/mol. The fourth-order valence-corrected chi connectivity index (χ4v) is 5.44. The average molecular weight is 546 g/mol. The van der Waals surface area contributed by atoms with Gasteiger partial charge in [-0.2, -0.15) is 0 Å². The second kappa shape index (κ2) is 15.3. The number of allylic oxidation sites excluding steroid dienone is 4. The lowest BCUT2D eigenvalue weighted by atomic mass is 9.89. The molecule has 0 N–H and O–H groups in total. The van der Waals surface area contributed by atoms with Gasteiger partial charge in [0.05, 0.1) is 12.2 Å². The number of anilines is 2. The van der Waals surface area contributed by atoms with Crippen LogP contribution in [0.5, 0.6) is 0 Å². The van der Waals surface area contributed by atoms with E-state index >= 15 is 0 Å². The monoisotopic (exact) mass is 545 g/mol. The molecule has 0 radical (unpaired) electrons. The number of hydrogen-bond acceptors (Lipinski definition) is 5. The molecule has 4 atom stereocenters. The van der Waals surface area contributed by atoms with Gasteiger partial charge >= 0.3 is 0 Å². The van der Waals surface area contributed by atoms with Crippen LogP contribution >= 0.6 is 0 Å². The van der Waals surface area contributed by atoms with Crippen molar-refractivity contribution in [2.75, 3.05) is 18.1 Å². The summed E-state index contributed by atoms with van der Waals surface area (Å²) in [5.41, 5.74) is 5.73. The Bertz CT molecular complexity index is 1070. The van der Waals surface area contributed by atoms with Crippen LogP contribution in [0.4, 0.5) is 11.4 Å². The van der Waals surface area contributed by atoms with Gasteiger partial charge in [0.1, 0.15) is 0 Å². The normalized spacial score (nSPS) is 22.6. The van der Waals surface area contributed by atoms with E-state index in [4.69, 9.17) is 18.9 Å². The van der Waals surface area contributed by atoms with Crippen LogP contribution in [-0.2, 0) is 18.9 Å². The minimum absolute atomic E-state index is 0.0339. The van der Waals surface area contributed by atoms with Crippen molar-refractivity contribution in [2.24, 2.45) is 0 Å². The quantitative estimate of drug-likeness (QED) is 0.249. The van der Waals surface area contributed by atoms with Crippen LogP contribution in [0.1, 0.15) is 76.3 Å². The molecule has 5 heteroatoms. The van der Waals surface area contributed by atoms with Gasteiger partial charge in [-0.05, 0) is 102 Å². The number of ether oxygens (including phenoxy) is 4. The first-order chi connectivity index (χ1) is 19.4. The molecule has 216 valence electrons. The first kappa shape index (κ1) is 30.3. The highest BCUT2D eigenvalue weighted by Crippen LogP contribution is 2.34. The summed E-state index contributed by atoms with van der Waals surface area (Å²) >= 11 is 0. The molecule has 40 heavy (non-hydrogen) atoms. The Balaban J connectivity index is 1.59. The van der Waals surface area contributed by atoms with Crippen molar-refractivity contribution in [3.05, 3.63) is 96.2 Å². The Labute approximate surface area is 241 Å². The van der Waals surface area contributed by atoms with E-state index in [1.165, 1.54) is 11.1 Å². The zero-order chi connectivity index (χ0) is 28.3. The topological polar surface area (TPSA) is 40.2 Å². The van der Waals surface area contributed by atoms with E-state index in [1.54, 1.807) is 0 Å². The smallest absolute Gasteiger partial charge is 0.157 e. The standard InChI is InChI=1S/C35H47NO4/c1-6-26(2)12-11-23-36(31-19-15-27(3)16-20-31)32-21-17-30(18-22-32)35(28(4)39-33-13-7-9-24-37-33)29(5)40-34-14-8-10-25-38-34/h6,11-12,15-23,28-29,33-35H,1,7-10,13-14,24-25H2,2-5H3/b23-11+,26-12-. The van der Waals surface area contributed by atoms with Gasteiger partial charge in [-0.15, -0.1) is 0 Å². The van der Waals surface area contributed by atoms with Gasteiger partial charge in [0.2, 0.25) is 0 Å². The third-order valence-electron chi connectivity index (χ3n) is 7.80. The van der Waals surface area contributed by atoms with Gasteiger partial charge in [0, 0.05) is 36.7 Å². The van der Waals surface area contributed by atoms with E-state index in [2.05, 4.69) is 99.1 Å². The molecule has 0 aliphatic carbocycles. The van der Waals surface area contributed by atoms with Crippen LogP contribution in [0.15, 0.2) is 85.1 Å². The van der Waals surface area contributed by atoms with Crippen LogP contribution < -0.4 is 4.90 Å². The fraction of sp³-hybridized carbons (Fsp3) is 0.486. The van der Waals surface area contributed by atoms with E-state index in [9.17, 15) is 0 Å². The Kier molecular flexibility index (Phi) is 11.6. The van der Waals surface area contributed by atoms with Crippen LogP contribution in [0.2, 0.25) is 0 Å². The van der Waals surface area contributed by atoms with E-state index < -0.39 is 0 Å². The van der Waals surface area contributed by atoms with Crippen LogP contribution in [0.25, 0.3) is 0 Å². The molecule has 2 aliphatic rings. The highest BCUT2D eigenvalue weighted by molar-refractivity contribution is 5.66. The Hall–Kier alpha value is -2.70. The van der Waals surface area contributed by atoms with Gasteiger partial charge in [0.15, 0.2) is 12.6 Å². The summed E-state index contributed by atoms with van der Waals surface area (Å²) in [5, 5.41) is 0. The molecule has 0 amide bonds. The molecule has 2 aromatic rings. The summed E-state index contributed by atoms with van der Waals surface area (Å²) in [6.45, 7) is 13.8. The molecule has 2 fully saturated rings. The van der Waals surface area contributed by atoms with Crippen molar-refractivity contribution < 1.29 is 18.9 Å². The van der Waals surface area contributed by atoms with Crippen molar-refractivity contribution in [1.82, 2.24) is 0 Å². The summed E-state index contributed by atoms with van der Waals surface area (Å²) in [6.07, 6.45) is 14.0. The van der Waals surface area contributed by atoms with Crippen LogP contribution in [0, 0.1) is 6.92 Å². The second-order valence-corrected chi connectivity index (χ2v) is 11.1. The first-order valence-corrected chi connectivity index (χ1v) is 14.9. The molecule has 0 aromatic heterocycles. The maximum Gasteiger partial charge on any atom is 0.157 e. The Morgan fingerprint density at radius 3 is 1.85 bits per heavy atom. The molecule has 2 saturated heterocycles. The number of rotatable bonds is 12. The van der Waals surface area contributed by atoms with E-state index in [-0.39, 0.29) is 30.7 Å². The number of aryl methyl sites for hydroxylation is 1. The molecule has 2 aromatic carbocycles. The fourth-order valence-electron chi connectivity index (χ4n) is 5.44. The lowest BCUT2D eigenvalue weighted by Crippen LogP contribution is -2.37. The van der Waals surface area contributed by atoms with Crippen molar-refractivity contribution >= 4 is 11.4 Å². The maximum atomic E-state index is 6.48. The lowest BCUT2D eigenvalue weighted by Gasteiger charge is -2.36. The SMILES string of the molecule is C=C/C(C)=C\C=C\N(c1ccc(C)cc1)c1ccc(C(C(C)OC2CCCCO2)C(C)OC2CCCCO2)cc1. The first-order valence-electron chi connectivity index (χ1n) is 14.9. The second-order valence-electron chi connectivity index (χ2n) is 11.1. The third-order valence-corrected chi connectivity index (χ3v) is 7.80. The van der Waals surface area contributed by atoms with Crippen molar-refractivity contribution in [3.8, 4) is 0 Å².